The number of thioether (sulfide) groups is 2. The van der Waals surface area contributed by atoms with Crippen LogP contribution >= 0.6 is 36.2 Å². The number of thiol groups is 1. The summed E-state index contributed by atoms with van der Waals surface area (Å²) >= 11 is 8.34. The number of hydrogen-bond acceptors (Lipinski definition) is 3. The Labute approximate surface area is 91.1 Å². The van der Waals surface area contributed by atoms with Crippen molar-refractivity contribution in [2.75, 3.05) is 28.8 Å². The lowest BCUT2D eigenvalue weighted by Crippen LogP contribution is -1.89. The van der Waals surface area contributed by atoms with Gasteiger partial charge in [-0.1, -0.05) is 13.3 Å². The van der Waals surface area contributed by atoms with Crippen molar-refractivity contribution in [2.45, 2.75) is 26.2 Å². The fourth-order valence-corrected chi connectivity index (χ4v) is 3.30. The molecule has 0 saturated heterocycles. The summed E-state index contributed by atoms with van der Waals surface area (Å²) in [5.41, 5.74) is 0. The quantitative estimate of drug-likeness (QED) is 0.470. The zero-order valence-electron chi connectivity index (χ0n) is 7.92. The van der Waals surface area contributed by atoms with Gasteiger partial charge in [0, 0.05) is 11.5 Å². The maximum absolute atomic E-state index is 4.17. The monoisotopic (exact) mass is 224 g/mol. The fourth-order valence-electron chi connectivity index (χ4n) is 0.735. The van der Waals surface area contributed by atoms with Crippen LogP contribution in [0.2, 0.25) is 0 Å². The first kappa shape index (κ1) is 13.1. The van der Waals surface area contributed by atoms with Crippen molar-refractivity contribution in [2.24, 2.45) is 0 Å². The molecule has 0 aliphatic carbocycles. The van der Waals surface area contributed by atoms with Crippen molar-refractivity contribution >= 4 is 36.2 Å². The Balaban J connectivity index is 2.73. The van der Waals surface area contributed by atoms with Crippen LogP contribution in [0.25, 0.3) is 0 Å². The normalized spacial score (nSPS) is 10.5. The highest BCUT2D eigenvalue weighted by atomic mass is 32.2. The van der Waals surface area contributed by atoms with E-state index in [1.54, 1.807) is 0 Å². The van der Waals surface area contributed by atoms with E-state index in [0.29, 0.717) is 0 Å². The molecule has 0 aromatic rings. The zero-order chi connectivity index (χ0) is 9.07. The van der Waals surface area contributed by atoms with Crippen LogP contribution in [0.3, 0.4) is 0 Å². The predicted octanol–water partition coefficient (Wildman–Crippen LogP) is 3.57. The summed E-state index contributed by atoms with van der Waals surface area (Å²) in [7, 11) is 0. The third kappa shape index (κ3) is 11.1. The summed E-state index contributed by atoms with van der Waals surface area (Å²) in [5.74, 6) is 6.33. The van der Waals surface area contributed by atoms with Gasteiger partial charge in [0.05, 0.1) is 0 Å². The Bertz CT molecular complexity index is 66.2. The summed E-state index contributed by atoms with van der Waals surface area (Å²) in [6.45, 7) is 2.25. The van der Waals surface area contributed by atoms with Crippen LogP contribution in [0, 0.1) is 0 Å². The molecule has 0 bridgehead atoms. The number of rotatable bonds is 9. The van der Waals surface area contributed by atoms with Gasteiger partial charge in [0.25, 0.3) is 0 Å². The molecular weight excluding hydrogens is 204 g/mol. The number of hydrogen-bond donors (Lipinski definition) is 1. The van der Waals surface area contributed by atoms with Gasteiger partial charge in [-0.2, -0.15) is 36.2 Å². The third-order valence-corrected chi connectivity index (χ3v) is 4.18. The smallest absolute Gasteiger partial charge is 0.00235 e. The van der Waals surface area contributed by atoms with Gasteiger partial charge in [-0.25, -0.2) is 0 Å². The average Bonchev–Trinajstić information content (AvgIpc) is 2.10. The Kier molecular flexibility index (Phi) is 13.1. The van der Waals surface area contributed by atoms with E-state index >= 15 is 0 Å². The van der Waals surface area contributed by atoms with Crippen LogP contribution in [0.1, 0.15) is 26.2 Å². The summed E-state index contributed by atoms with van der Waals surface area (Å²) < 4.78 is 0. The van der Waals surface area contributed by atoms with E-state index in [4.69, 9.17) is 0 Å². The van der Waals surface area contributed by atoms with Crippen molar-refractivity contribution in [1.82, 2.24) is 0 Å². The van der Waals surface area contributed by atoms with Crippen LogP contribution in [0.4, 0.5) is 0 Å². The Morgan fingerprint density at radius 1 is 0.917 bits per heavy atom. The molecule has 0 radical (unpaired) electrons. The van der Waals surface area contributed by atoms with E-state index in [1.807, 2.05) is 0 Å². The van der Waals surface area contributed by atoms with E-state index in [9.17, 15) is 0 Å². The van der Waals surface area contributed by atoms with Gasteiger partial charge in [0.2, 0.25) is 0 Å². The second-order valence-electron chi connectivity index (χ2n) is 2.66. The van der Waals surface area contributed by atoms with Gasteiger partial charge in [0.15, 0.2) is 0 Å². The largest absolute Gasteiger partial charge is 0.179 e. The molecular formula is C9H20S3. The third-order valence-electron chi connectivity index (χ3n) is 1.46. The molecule has 0 aromatic heterocycles. The minimum Gasteiger partial charge on any atom is -0.179 e. The highest BCUT2D eigenvalue weighted by molar-refractivity contribution is 8.02. The molecule has 0 N–H and O–H groups in total. The van der Waals surface area contributed by atoms with Crippen LogP contribution in [0.5, 0.6) is 0 Å². The first-order valence-corrected chi connectivity index (χ1v) is 7.62. The topological polar surface area (TPSA) is 0 Å². The molecule has 12 heavy (non-hydrogen) atoms. The molecule has 0 heterocycles. The molecule has 3 heteroatoms. The Morgan fingerprint density at radius 3 is 2.00 bits per heavy atom. The molecule has 0 rings (SSSR count). The van der Waals surface area contributed by atoms with Gasteiger partial charge in [-0.05, 0) is 30.1 Å². The molecule has 0 aromatic carbocycles. The van der Waals surface area contributed by atoms with E-state index < -0.39 is 0 Å². The lowest BCUT2D eigenvalue weighted by Gasteiger charge is -2.00. The maximum Gasteiger partial charge on any atom is 0.00235 e. The highest BCUT2D eigenvalue weighted by Crippen LogP contribution is 2.09. The molecule has 0 spiro atoms. The van der Waals surface area contributed by atoms with E-state index in [-0.39, 0.29) is 0 Å². The van der Waals surface area contributed by atoms with Crippen molar-refractivity contribution in [3.63, 3.8) is 0 Å². The van der Waals surface area contributed by atoms with Gasteiger partial charge in [-0.3, -0.25) is 0 Å². The predicted molar refractivity (Wildman–Crippen MR) is 68.0 cm³/mol. The first-order chi connectivity index (χ1) is 5.91. The number of unbranched alkanes of at least 4 members (excludes halogenated alkanes) is 1. The van der Waals surface area contributed by atoms with E-state index in [2.05, 4.69) is 43.1 Å². The summed E-state index contributed by atoms with van der Waals surface area (Å²) in [4.78, 5) is 0. The molecule has 0 unspecified atom stereocenters. The molecule has 0 nitrogen and oxygen atoms in total. The van der Waals surface area contributed by atoms with Crippen LogP contribution in [0.15, 0.2) is 0 Å². The van der Waals surface area contributed by atoms with Crippen molar-refractivity contribution in [3.8, 4) is 0 Å². The van der Waals surface area contributed by atoms with Gasteiger partial charge in [0.1, 0.15) is 0 Å². The van der Waals surface area contributed by atoms with Gasteiger partial charge in [-0.15, -0.1) is 0 Å². The summed E-state index contributed by atoms with van der Waals surface area (Å²) in [6, 6.07) is 0. The van der Waals surface area contributed by atoms with E-state index in [1.165, 1.54) is 42.3 Å². The fraction of sp³-hybridized carbons (Fsp3) is 1.00. The molecule has 0 saturated carbocycles. The van der Waals surface area contributed by atoms with Crippen molar-refractivity contribution < 1.29 is 0 Å². The molecule has 0 aliphatic heterocycles. The minimum absolute atomic E-state index is 1.04. The van der Waals surface area contributed by atoms with Crippen LogP contribution < -0.4 is 0 Å². The summed E-state index contributed by atoms with van der Waals surface area (Å²) in [6.07, 6.45) is 3.97. The van der Waals surface area contributed by atoms with Gasteiger partial charge < -0.3 is 0 Å². The average molecular weight is 224 g/mol. The summed E-state index contributed by atoms with van der Waals surface area (Å²) in [5, 5.41) is 0. The standard InChI is InChI=1S/C9H20S3/c1-2-3-6-11-8-9-12-7-4-5-10/h10H,2-9H2,1H3. The highest BCUT2D eigenvalue weighted by Gasteiger charge is 1.90. The zero-order valence-corrected chi connectivity index (χ0v) is 10.4. The van der Waals surface area contributed by atoms with E-state index in [0.717, 1.165) is 5.75 Å². The van der Waals surface area contributed by atoms with Crippen molar-refractivity contribution in [3.05, 3.63) is 0 Å². The van der Waals surface area contributed by atoms with Gasteiger partial charge >= 0.3 is 0 Å². The molecule has 74 valence electrons. The SMILES string of the molecule is CCCCSCCSCCCS. The molecule has 0 fully saturated rings. The molecule has 0 atom stereocenters. The second kappa shape index (κ2) is 12.0. The maximum atomic E-state index is 4.17. The Hall–Kier alpha value is 1.05. The lowest BCUT2D eigenvalue weighted by molar-refractivity contribution is 0.896. The molecule has 0 amide bonds. The second-order valence-corrected chi connectivity index (χ2v) is 5.55. The first-order valence-electron chi connectivity index (χ1n) is 4.68. The van der Waals surface area contributed by atoms with Crippen molar-refractivity contribution in [1.29, 1.82) is 0 Å². The van der Waals surface area contributed by atoms with Crippen LogP contribution in [-0.4, -0.2) is 28.8 Å². The Morgan fingerprint density at radius 2 is 1.50 bits per heavy atom. The lowest BCUT2D eigenvalue weighted by atomic mass is 10.4. The minimum atomic E-state index is 1.04. The molecule has 0 aliphatic rings. The van der Waals surface area contributed by atoms with Crippen LogP contribution in [-0.2, 0) is 0 Å².